The predicted molar refractivity (Wildman–Crippen MR) is 87.7 cm³/mol. The Hall–Kier alpha value is -3.26. The number of rotatable bonds is 7. The zero-order chi connectivity index (χ0) is 20.8. The maximum Gasteiger partial charge on any atom is 0.406 e. The highest BCUT2D eigenvalue weighted by atomic mass is 16.6. The Balaban J connectivity index is 1.80. The lowest BCUT2D eigenvalue weighted by atomic mass is 10.2. The molecule has 0 saturated carbocycles. The van der Waals surface area contributed by atoms with Crippen LogP contribution in [0, 0.1) is 0 Å². The number of imide groups is 2. The number of carbonyl (C=O) groups is 6. The maximum absolute atomic E-state index is 12.0. The molecule has 2 aliphatic heterocycles. The van der Waals surface area contributed by atoms with Crippen LogP contribution in [0.2, 0.25) is 0 Å². The number of nitrogens with two attached hydrogens (primary N) is 2. The summed E-state index contributed by atoms with van der Waals surface area (Å²) in [5.41, 5.74) is 9.62. The van der Waals surface area contributed by atoms with Gasteiger partial charge in [-0.05, 0) is 0 Å². The van der Waals surface area contributed by atoms with Crippen molar-refractivity contribution in [2.75, 3.05) is 52.7 Å². The quantitative estimate of drug-likeness (QED) is 0.405. The van der Waals surface area contributed by atoms with Gasteiger partial charge in [0.2, 0.25) is 23.6 Å². The molecular weight excluding hydrogens is 380 g/mol. The van der Waals surface area contributed by atoms with Gasteiger partial charge in [-0.2, -0.15) is 0 Å². The summed E-state index contributed by atoms with van der Waals surface area (Å²) in [6.07, 6.45) is -2.20. The molecular formula is C14H20N6O8. The molecule has 0 aliphatic carbocycles. The molecule has 0 radical (unpaired) electrons. The fourth-order valence-corrected chi connectivity index (χ4v) is 2.64. The van der Waals surface area contributed by atoms with Crippen LogP contribution in [0.15, 0.2) is 0 Å². The van der Waals surface area contributed by atoms with Crippen LogP contribution in [0.5, 0.6) is 0 Å². The monoisotopic (exact) mass is 400 g/mol. The van der Waals surface area contributed by atoms with E-state index in [1.807, 2.05) is 0 Å². The van der Waals surface area contributed by atoms with E-state index in [9.17, 15) is 28.8 Å². The molecule has 0 aromatic carbocycles. The van der Waals surface area contributed by atoms with Crippen LogP contribution in [-0.2, 0) is 28.7 Å². The Morgan fingerprint density at radius 1 is 0.679 bits per heavy atom. The second-order valence-corrected chi connectivity index (χ2v) is 6.04. The summed E-state index contributed by atoms with van der Waals surface area (Å²) in [7, 11) is 0. The summed E-state index contributed by atoms with van der Waals surface area (Å²) < 4.78 is 8.92. The molecule has 2 aliphatic rings. The van der Waals surface area contributed by atoms with Gasteiger partial charge in [-0.3, -0.25) is 29.0 Å². The van der Waals surface area contributed by atoms with Gasteiger partial charge in [0.05, 0.1) is 26.2 Å². The molecule has 2 saturated heterocycles. The molecule has 4 N–H and O–H groups in total. The lowest BCUT2D eigenvalue weighted by molar-refractivity contribution is -0.159. The molecule has 0 bridgehead atoms. The van der Waals surface area contributed by atoms with Gasteiger partial charge in [-0.15, -0.1) is 0 Å². The smallest absolute Gasteiger partial charge is 0.406 e. The number of nitrogens with zero attached hydrogens (tertiary/aromatic N) is 4. The Bertz CT molecular complexity index is 603. The third-order valence-electron chi connectivity index (χ3n) is 4.04. The van der Waals surface area contributed by atoms with Gasteiger partial charge in [0.1, 0.15) is 0 Å². The van der Waals surface area contributed by atoms with Crippen LogP contribution in [0.3, 0.4) is 0 Å². The SMILES string of the molecule is NC(=O)OCN1C(=O)CN(CCN2CC(=O)N(COC(N)=O)C(=O)C2)CC1=O. The zero-order valence-corrected chi connectivity index (χ0v) is 14.9. The molecule has 2 heterocycles. The van der Waals surface area contributed by atoms with Gasteiger partial charge in [0.15, 0.2) is 13.5 Å². The molecule has 2 fully saturated rings. The van der Waals surface area contributed by atoms with Crippen molar-refractivity contribution >= 4 is 35.8 Å². The lowest BCUT2D eigenvalue weighted by Gasteiger charge is -2.35. The van der Waals surface area contributed by atoms with Gasteiger partial charge in [-0.1, -0.05) is 0 Å². The average molecular weight is 400 g/mol. The molecule has 14 heteroatoms. The first kappa shape index (κ1) is 21.0. The third kappa shape index (κ3) is 5.62. The Kier molecular flexibility index (Phi) is 6.84. The number of hydrogen-bond acceptors (Lipinski definition) is 10. The number of ether oxygens (including phenoxy) is 2. The normalized spacial score (nSPS) is 19.1. The van der Waals surface area contributed by atoms with E-state index in [4.69, 9.17) is 11.5 Å². The summed E-state index contributed by atoms with van der Waals surface area (Å²) in [5.74, 6) is -2.23. The molecule has 0 aromatic rings. The molecule has 6 amide bonds. The summed E-state index contributed by atoms with van der Waals surface area (Å²) in [5, 5.41) is 0. The van der Waals surface area contributed by atoms with E-state index in [-0.39, 0.29) is 39.3 Å². The summed E-state index contributed by atoms with van der Waals surface area (Å²) in [4.78, 5) is 73.9. The summed E-state index contributed by atoms with van der Waals surface area (Å²) in [6, 6.07) is 0. The van der Waals surface area contributed by atoms with Crippen molar-refractivity contribution in [3.8, 4) is 0 Å². The van der Waals surface area contributed by atoms with E-state index in [1.54, 1.807) is 9.80 Å². The van der Waals surface area contributed by atoms with E-state index >= 15 is 0 Å². The lowest BCUT2D eigenvalue weighted by Crippen LogP contribution is -2.58. The molecule has 28 heavy (non-hydrogen) atoms. The minimum Gasteiger partial charge on any atom is -0.428 e. The van der Waals surface area contributed by atoms with Crippen molar-refractivity contribution in [1.82, 2.24) is 19.6 Å². The molecule has 154 valence electrons. The highest BCUT2D eigenvalue weighted by Gasteiger charge is 2.34. The maximum atomic E-state index is 12.0. The Morgan fingerprint density at radius 2 is 0.964 bits per heavy atom. The van der Waals surface area contributed by atoms with E-state index in [2.05, 4.69) is 9.47 Å². The molecule has 2 rings (SSSR count). The van der Waals surface area contributed by atoms with Crippen molar-refractivity contribution in [2.45, 2.75) is 0 Å². The van der Waals surface area contributed by atoms with E-state index in [1.165, 1.54) is 0 Å². The van der Waals surface area contributed by atoms with Crippen LogP contribution in [0.4, 0.5) is 9.59 Å². The van der Waals surface area contributed by atoms with Gasteiger partial charge in [0, 0.05) is 13.1 Å². The van der Waals surface area contributed by atoms with E-state index in [0.29, 0.717) is 0 Å². The average Bonchev–Trinajstić information content (AvgIpc) is 2.58. The molecule has 14 nitrogen and oxygen atoms in total. The van der Waals surface area contributed by atoms with Crippen molar-refractivity contribution in [3.05, 3.63) is 0 Å². The predicted octanol–water partition coefficient (Wildman–Crippen LogP) is -3.57. The third-order valence-corrected chi connectivity index (χ3v) is 4.04. The zero-order valence-electron chi connectivity index (χ0n) is 14.9. The second-order valence-electron chi connectivity index (χ2n) is 6.04. The molecule has 0 spiro atoms. The standard InChI is InChI=1S/C14H20N6O8/c15-13(25)27-7-19-9(21)3-17(4-10(19)22)1-2-18-5-11(23)20(12(24)6-18)8-28-14(16)26/h1-8H2,(H2,15,25)(H2,16,26). The fourth-order valence-electron chi connectivity index (χ4n) is 2.64. The highest BCUT2D eigenvalue weighted by Crippen LogP contribution is 2.08. The van der Waals surface area contributed by atoms with Crippen LogP contribution in [0.1, 0.15) is 0 Å². The summed E-state index contributed by atoms with van der Waals surface area (Å²) in [6.45, 7) is -0.965. The van der Waals surface area contributed by atoms with Crippen molar-refractivity contribution < 1.29 is 38.2 Å². The second kappa shape index (κ2) is 9.09. The fraction of sp³-hybridized carbons (Fsp3) is 0.571. The van der Waals surface area contributed by atoms with Crippen LogP contribution < -0.4 is 11.5 Å². The Morgan fingerprint density at radius 3 is 1.21 bits per heavy atom. The summed E-state index contributed by atoms with van der Waals surface area (Å²) >= 11 is 0. The number of primary amides is 2. The van der Waals surface area contributed by atoms with Crippen LogP contribution in [-0.4, -0.2) is 108 Å². The molecule has 0 unspecified atom stereocenters. The first-order valence-corrected chi connectivity index (χ1v) is 8.13. The number of amides is 6. The first-order valence-electron chi connectivity index (χ1n) is 8.13. The molecule has 0 atom stereocenters. The highest BCUT2D eigenvalue weighted by molar-refractivity contribution is 6.00. The number of hydrogen-bond donors (Lipinski definition) is 2. The van der Waals surface area contributed by atoms with Gasteiger partial charge in [0.25, 0.3) is 0 Å². The van der Waals surface area contributed by atoms with E-state index < -0.39 is 49.3 Å². The van der Waals surface area contributed by atoms with Gasteiger partial charge < -0.3 is 20.9 Å². The van der Waals surface area contributed by atoms with Crippen molar-refractivity contribution in [1.29, 1.82) is 0 Å². The number of carbonyl (C=O) groups excluding carboxylic acids is 6. The molecule has 0 aromatic heterocycles. The number of piperazine rings is 2. The van der Waals surface area contributed by atoms with Crippen LogP contribution in [0.25, 0.3) is 0 Å². The van der Waals surface area contributed by atoms with Gasteiger partial charge in [-0.25, -0.2) is 19.4 Å². The first-order chi connectivity index (χ1) is 13.2. The topological polar surface area (TPSA) is 186 Å². The minimum absolute atomic E-state index is 0.0951. The van der Waals surface area contributed by atoms with E-state index in [0.717, 1.165) is 9.80 Å². The van der Waals surface area contributed by atoms with Crippen molar-refractivity contribution in [3.63, 3.8) is 0 Å². The van der Waals surface area contributed by atoms with Gasteiger partial charge >= 0.3 is 12.2 Å². The minimum atomic E-state index is -1.10. The largest absolute Gasteiger partial charge is 0.428 e. The Labute approximate surface area is 158 Å². The van der Waals surface area contributed by atoms with Crippen molar-refractivity contribution in [2.24, 2.45) is 11.5 Å². The van der Waals surface area contributed by atoms with Crippen LogP contribution >= 0.6 is 0 Å².